The molecule has 4 N–H and O–H groups in total. The third kappa shape index (κ3) is 6.14. The number of aromatic nitrogens is 3. The molecule has 1 aliphatic rings. The van der Waals surface area contributed by atoms with Crippen molar-refractivity contribution in [3.8, 4) is 0 Å². The number of rotatable bonds is 11. The third-order valence-electron chi connectivity index (χ3n) is 4.72. The Balaban J connectivity index is 1.86. The zero-order chi connectivity index (χ0) is 22.9. The molecular formula is C21H26N8O3. The van der Waals surface area contributed by atoms with Crippen molar-refractivity contribution in [1.29, 1.82) is 5.41 Å². The highest BCUT2D eigenvalue weighted by molar-refractivity contribution is 6.42. The molecule has 2 amide bonds. The third-order valence-corrected chi connectivity index (χ3v) is 4.72. The maximum Gasteiger partial charge on any atom is 0.272 e. The first-order chi connectivity index (χ1) is 15.5. The lowest BCUT2D eigenvalue weighted by Gasteiger charge is -2.17. The van der Waals surface area contributed by atoms with Gasteiger partial charge in [0.15, 0.2) is 5.69 Å². The van der Waals surface area contributed by atoms with Crippen LogP contribution in [0.1, 0.15) is 34.9 Å². The molecule has 0 spiro atoms. The quantitative estimate of drug-likeness (QED) is 0.302. The van der Waals surface area contributed by atoms with E-state index in [2.05, 4.69) is 35.9 Å². The number of hydrogen-bond donors (Lipinski definition) is 4. The lowest BCUT2D eigenvalue weighted by Crippen LogP contribution is -2.47. The summed E-state index contributed by atoms with van der Waals surface area (Å²) in [7, 11) is 2.97. The number of ether oxygens (including phenoxy) is 1. The first-order valence-electron chi connectivity index (χ1n) is 10.2. The monoisotopic (exact) mass is 438 g/mol. The van der Waals surface area contributed by atoms with Crippen molar-refractivity contribution < 1.29 is 14.3 Å². The van der Waals surface area contributed by atoms with Crippen molar-refractivity contribution in [1.82, 2.24) is 25.6 Å². The average Bonchev–Trinajstić information content (AvgIpc) is 3.66. The second-order valence-electron chi connectivity index (χ2n) is 7.15. The number of nitrogens with one attached hydrogen (secondary N) is 4. The topological polar surface area (TPSA) is 154 Å². The van der Waals surface area contributed by atoms with Gasteiger partial charge in [0.1, 0.15) is 18.1 Å². The number of hydrogen-bond acceptors (Lipinski definition) is 9. The van der Waals surface area contributed by atoms with Crippen LogP contribution in [0.4, 0.5) is 11.4 Å². The van der Waals surface area contributed by atoms with Crippen LogP contribution in [0.5, 0.6) is 0 Å². The van der Waals surface area contributed by atoms with E-state index >= 15 is 0 Å². The number of carbonyl (C=O) groups excluding carboxylic acids is 2. The summed E-state index contributed by atoms with van der Waals surface area (Å²) < 4.78 is 4.95. The van der Waals surface area contributed by atoms with Crippen molar-refractivity contribution in [2.24, 2.45) is 4.99 Å². The zero-order valence-electron chi connectivity index (χ0n) is 18.0. The van der Waals surface area contributed by atoms with Crippen molar-refractivity contribution in [3.05, 3.63) is 42.2 Å². The Labute approximate surface area is 185 Å². The molecule has 0 aliphatic heterocycles. The Morgan fingerprint density at radius 2 is 2.06 bits per heavy atom. The Hall–Kier alpha value is -3.73. The summed E-state index contributed by atoms with van der Waals surface area (Å²) in [6.07, 6.45) is 7.99. The van der Waals surface area contributed by atoms with Crippen molar-refractivity contribution in [3.63, 3.8) is 0 Å². The van der Waals surface area contributed by atoms with E-state index in [1.54, 1.807) is 25.6 Å². The van der Waals surface area contributed by atoms with Gasteiger partial charge in [0.05, 0.1) is 36.9 Å². The number of pyridine rings is 1. The molecule has 0 saturated heterocycles. The van der Waals surface area contributed by atoms with Crippen LogP contribution in [-0.4, -0.2) is 72.0 Å². The Bertz CT molecular complexity index is 992. The summed E-state index contributed by atoms with van der Waals surface area (Å²) in [4.78, 5) is 41.9. The molecule has 168 valence electrons. The summed E-state index contributed by atoms with van der Waals surface area (Å²) in [5.41, 5.74) is 1.70. The molecule has 1 unspecified atom stereocenters. The fraction of sp³-hybridized carbons (Fsp3) is 0.381. The highest BCUT2D eigenvalue weighted by Gasteiger charge is 2.28. The molecule has 1 atom stereocenters. The molecule has 0 aromatic carbocycles. The van der Waals surface area contributed by atoms with Gasteiger partial charge in [-0.25, -0.2) is 15.0 Å². The van der Waals surface area contributed by atoms with E-state index < -0.39 is 17.9 Å². The van der Waals surface area contributed by atoms with E-state index in [0.717, 1.165) is 18.5 Å². The molecule has 1 aliphatic carbocycles. The number of carbonyl (C=O) groups is 2. The van der Waals surface area contributed by atoms with Gasteiger partial charge in [-0.05, 0) is 25.0 Å². The Kier molecular flexibility index (Phi) is 7.92. The molecule has 2 aromatic heterocycles. The Morgan fingerprint density at radius 3 is 2.72 bits per heavy atom. The summed E-state index contributed by atoms with van der Waals surface area (Å²) in [5, 5.41) is 16.3. The van der Waals surface area contributed by atoms with Crippen molar-refractivity contribution in [2.75, 3.05) is 32.6 Å². The normalized spacial score (nSPS) is 14.1. The molecule has 0 bridgehead atoms. The summed E-state index contributed by atoms with van der Waals surface area (Å²) in [6, 6.07) is 2.64. The van der Waals surface area contributed by atoms with Crippen LogP contribution in [0.15, 0.2) is 35.8 Å². The van der Waals surface area contributed by atoms with Crippen LogP contribution in [-0.2, 0) is 9.53 Å². The number of aliphatic imine (C=N–C) groups is 1. The van der Waals surface area contributed by atoms with Crippen molar-refractivity contribution in [2.45, 2.75) is 24.8 Å². The number of nitrogens with zero attached hydrogens (tertiary/aromatic N) is 4. The molecule has 3 rings (SSSR count). The Morgan fingerprint density at radius 1 is 1.31 bits per heavy atom. The number of methoxy groups -OCH3 is 1. The van der Waals surface area contributed by atoms with E-state index in [9.17, 15) is 9.59 Å². The van der Waals surface area contributed by atoms with E-state index in [-0.39, 0.29) is 11.4 Å². The van der Waals surface area contributed by atoms with Gasteiger partial charge in [-0.3, -0.25) is 20.0 Å². The van der Waals surface area contributed by atoms with E-state index in [1.165, 1.54) is 19.6 Å². The number of anilines is 2. The average molecular weight is 438 g/mol. The van der Waals surface area contributed by atoms with E-state index in [4.69, 9.17) is 10.1 Å². The largest absolute Gasteiger partial charge is 0.383 e. The predicted octanol–water partition coefficient (Wildman–Crippen LogP) is 1.07. The van der Waals surface area contributed by atoms with Crippen LogP contribution in [0.2, 0.25) is 0 Å². The van der Waals surface area contributed by atoms with Gasteiger partial charge in [-0.2, -0.15) is 0 Å². The summed E-state index contributed by atoms with van der Waals surface area (Å²) >= 11 is 0. The standard InChI is InChI=1S/C21H26N8O3/c1-23-20(30)18(22)17(11-24-7-8-32-2)29-21(31)19-16(27-14-9-25-12-26-10-14)6-5-15(28-19)13-3-4-13/h5-6,9-13,17,22,27H,3-4,7-8H2,1-2H3,(H,23,30)(H,29,31). The molecule has 2 heterocycles. The highest BCUT2D eigenvalue weighted by Crippen LogP contribution is 2.39. The van der Waals surface area contributed by atoms with Crippen LogP contribution in [0.25, 0.3) is 0 Å². The van der Waals surface area contributed by atoms with E-state index in [0.29, 0.717) is 30.4 Å². The fourth-order valence-corrected chi connectivity index (χ4v) is 2.87. The highest BCUT2D eigenvalue weighted by atomic mass is 16.5. The van der Waals surface area contributed by atoms with Gasteiger partial charge in [-0.1, -0.05) is 0 Å². The maximum absolute atomic E-state index is 13.2. The minimum atomic E-state index is -1.03. The predicted molar refractivity (Wildman–Crippen MR) is 120 cm³/mol. The van der Waals surface area contributed by atoms with Crippen LogP contribution in [0, 0.1) is 5.41 Å². The molecular weight excluding hydrogens is 412 g/mol. The lowest BCUT2D eigenvalue weighted by atomic mass is 10.1. The molecule has 32 heavy (non-hydrogen) atoms. The van der Waals surface area contributed by atoms with Crippen molar-refractivity contribution >= 4 is 35.1 Å². The first-order valence-corrected chi connectivity index (χ1v) is 10.2. The SMILES string of the molecule is CNC(=O)C(=N)C(C=NCCOC)NC(=O)c1nc(C2CC2)ccc1Nc1cncnc1. The molecule has 2 aromatic rings. The van der Waals surface area contributed by atoms with Gasteiger partial charge in [-0.15, -0.1) is 0 Å². The second kappa shape index (κ2) is 11.0. The lowest BCUT2D eigenvalue weighted by molar-refractivity contribution is -0.114. The smallest absolute Gasteiger partial charge is 0.272 e. The van der Waals surface area contributed by atoms with Crippen LogP contribution < -0.4 is 16.0 Å². The molecule has 1 saturated carbocycles. The molecule has 0 radical (unpaired) electrons. The first kappa shape index (κ1) is 22.9. The second-order valence-corrected chi connectivity index (χ2v) is 7.15. The van der Waals surface area contributed by atoms with Gasteiger partial charge < -0.3 is 20.7 Å². The summed E-state index contributed by atoms with van der Waals surface area (Å²) in [6.45, 7) is 0.711. The van der Waals surface area contributed by atoms with E-state index in [1.807, 2.05) is 6.07 Å². The van der Waals surface area contributed by atoms with Gasteiger partial charge in [0, 0.05) is 32.0 Å². The van der Waals surface area contributed by atoms with Gasteiger partial charge >= 0.3 is 0 Å². The van der Waals surface area contributed by atoms with Crippen LogP contribution >= 0.6 is 0 Å². The minimum absolute atomic E-state index is 0.151. The summed E-state index contributed by atoms with van der Waals surface area (Å²) in [5.74, 6) is -0.817. The minimum Gasteiger partial charge on any atom is -0.383 e. The molecule has 11 heteroatoms. The van der Waals surface area contributed by atoms with Gasteiger partial charge in [0.2, 0.25) is 0 Å². The zero-order valence-corrected chi connectivity index (χ0v) is 18.0. The van der Waals surface area contributed by atoms with Crippen LogP contribution in [0.3, 0.4) is 0 Å². The maximum atomic E-state index is 13.2. The number of amides is 2. The molecule has 1 fully saturated rings. The van der Waals surface area contributed by atoms with Gasteiger partial charge in [0.25, 0.3) is 11.8 Å². The fourth-order valence-electron chi connectivity index (χ4n) is 2.87. The molecule has 11 nitrogen and oxygen atoms in total.